The van der Waals surface area contributed by atoms with Gasteiger partial charge in [-0.05, 0) is 75.3 Å². The fraction of sp³-hybridized carbons (Fsp3) is 0.881. The van der Waals surface area contributed by atoms with Crippen molar-refractivity contribution >= 4 is 29.6 Å². The number of nitrogens with zero attached hydrogens (tertiary/aromatic N) is 3. The number of hydrogen-bond acceptors (Lipinski definition) is 8. The predicted octanol–water partition coefficient (Wildman–Crippen LogP) is 5.06. The summed E-state index contributed by atoms with van der Waals surface area (Å²) < 4.78 is 11.8. The van der Waals surface area contributed by atoms with Gasteiger partial charge < -0.3 is 35.0 Å². The molecule has 1 fully saturated rings. The van der Waals surface area contributed by atoms with Crippen LogP contribution in [-0.2, 0) is 33.4 Å². The van der Waals surface area contributed by atoms with Crippen molar-refractivity contribution in [2.45, 2.75) is 164 Å². The molecule has 10 atom stereocenters. The van der Waals surface area contributed by atoms with E-state index in [-0.39, 0.29) is 47.3 Å². The van der Waals surface area contributed by atoms with Crippen LogP contribution in [0.25, 0.3) is 0 Å². The second-order valence-electron chi connectivity index (χ2n) is 18.2. The van der Waals surface area contributed by atoms with Crippen LogP contribution in [0.15, 0.2) is 0 Å². The van der Waals surface area contributed by atoms with Crippen molar-refractivity contribution in [3.05, 3.63) is 0 Å². The van der Waals surface area contributed by atoms with Crippen LogP contribution in [0, 0.1) is 35.0 Å². The van der Waals surface area contributed by atoms with Gasteiger partial charge in [0.25, 0.3) is 0 Å². The van der Waals surface area contributed by atoms with E-state index in [1.807, 2.05) is 48.6 Å². The quantitative estimate of drug-likeness (QED) is 0.129. The molecule has 1 saturated heterocycles. The van der Waals surface area contributed by atoms with Crippen LogP contribution in [0.4, 0.5) is 0 Å². The molecule has 1 aliphatic heterocycles. The van der Waals surface area contributed by atoms with E-state index < -0.39 is 60.2 Å². The van der Waals surface area contributed by atoms with Gasteiger partial charge in [0, 0.05) is 27.8 Å². The summed E-state index contributed by atoms with van der Waals surface area (Å²) in [7, 11) is 6.76. The molecule has 0 saturated carbocycles. The third-order valence-corrected chi connectivity index (χ3v) is 11.5. The van der Waals surface area contributed by atoms with E-state index >= 15 is 0 Å². The third-order valence-electron chi connectivity index (χ3n) is 11.5. The first-order valence-electron chi connectivity index (χ1n) is 20.6. The maximum atomic E-state index is 14.4. The normalized spacial score (nSPS) is 20.0. The number of carbonyl (C=O) groups is 5. The van der Waals surface area contributed by atoms with E-state index in [9.17, 15) is 29.1 Å². The van der Waals surface area contributed by atoms with Crippen molar-refractivity contribution < 1.29 is 38.6 Å². The van der Waals surface area contributed by atoms with E-state index in [2.05, 4.69) is 43.2 Å². The fourth-order valence-corrected chi connectivity index (χ4v) is 8.41. The van der Waals surface area contributed by atoms with Gasteiger partial charge in [0.1, 0.15) is 12.1 Å². The Labute approximate surface area is 333 Å². The molecule has 55 heavy (non-hydrogen) atoms. The van der Waals surface area contributed by atoms with Gasteiger partial charge in [-0.1, -0.05) is 82.6 Å². The molecule has 3 N–H and O–H groups in total. The number of likely N-dealkylation sites (tertiary alicyclic amines) is 1. The first kappa shape index (κ1) is 50.2. The molecular weight excluding hydrogens is 702 g/mol. The summed E-state index contributed by atoms with van der Waals surface area (Å²) >= 11 is 0. The highest BCUT2D eigenvalue weighted by molar-refractivity contribution is 5.90. The number of amides is 4. The topological polar surface area (TPSA) is 158 Å². The summed E-state index contributed by atoms with van der Waals surface area (Å²) in [6, 6.07) is -3.12. The maximum Gasteiger partial charge on any atom is 0.325 e. The van der Waals surface area contributed by atoms with Crippen molar-refractivity contribution in [2.75, 3.05) is 41.4 Å². The Bertz CT molecular complexity index is 1240. The highest BCUT2D eigenvalue weighted by Crippen LogP contribution is 2.30. The van der Waals surface area contributed by atoms with E-state index in [1.54, 1.807) is 30.9 Å². The van der Waals surface area contributed by atoms with Crippen LogP contribution in [-0.4, -0.2) is 133 Å². The standard InChI is InChI=1S/C42H79N5O8/c1-17-28(7)36(32(54-15)23-33(48)47-21-18-19-31(47)37(55-16)29(8)38(49)43-30(9)41(52)53)46(14)40(51)34(25(2)3)44-39(50)35(26(4)5)45(13)22-20-27(6)24-42(10,11)12/h25-32,34-37H,17-24H2,1-16H3,(H,43,49)(H,44,50)(H,52,53)/t27?,28-,29+,30-,31-,32+,34-,35-,36-,37+/m0/s1. The van der Waals surface area contributed by atoms with Crippen molar-refractivity contribution in [3.8, 4) is 0 Å². The molecule has 1 rings (SSSR count). The van der Waals surface area contributed by atoms with Gasteiger partial charge >= 0.3 is 5.97 Å². The second kappa shape index (κ2) is 22.8. The van der Waals surface area contributed by atoms with Gasteiger partial charge in [0.2, 0.25) is 23.6 Å². The first-order chi connectivity index (χ1) is 25.4. The minimum absolute atomic E-state index is 0.000748. The number of carboxylic acid groups (broad SMARTS) is 1. The van der Waals surface area contributed by atoms with E-state index in [0.717, 1.165) is 32.2 Å². The molecule has 0 aromatic heterocycles. The molecule has 4 amide bonds. The number of methoxy groups -OCH3 is 2. The summed E-state index contributed by atoms with van der Waals surface area (Å²) in [6.07, 6.45) is 2.84. The Morgan fingerprint density at radius 1 is 0.891 bits per heavy atom. The third kappa shape index (κ3) is 14.9. The zero-order valence-corrected chi connectivity index (χ0v) is 37.2. The molecule has 0 aromatic rings. The number of nitrogens with one attached hydrogen (secondary N) is 2. The van der Waals surface area contributed by atoms with Crippen molar-refractivity contribution in [2.24, 2.45) is 35.0 Å². The lowest BCUT2D eigenvalue weighted by atomic mass is 9.84. The average Bonchev–Trinajstić information content (AvgIpc) is 3.57. The molecule has 13 heteroatoms. The van der Waals surface area contributed by atoms with E-state index in [1.165, 1.54) is 14.0 Å². The molecule has 0 spiro atoms. The molecule has 0 bridgehead atoms. The number of carbonyl (C=O) groups excluding carboxylic acids is 4. The SMILES string of the molecule is CC[C@H](C)[C@@H]([C@@H](CC(=O)N1CCC[C@H]1[C@H](OC)[C@@H](C)C(=O)N[C@@H](C)C(=O)O)OC)N(C)C(=O)[C@@H](NC(=O)[C@H](C(C)C)N(C)CCC(C)CC(C)(C)C)C(C)C. The van der Waals surface area contributed by atoms with Crippen LogP contribution in [0.3, 0.4) is 0 Å². The Morgan fingerprint density at radius 2 is 1.49 bits per heavy atom. The predicted molar refractivity (Wildman–Crippen MR) is 217 cm³/mol. The zero-order chi connectivity index (χ0) is 42.5. The zero-order valence-electron chi connectivity index (χ0n) is 37.2. The molecule has 0 aliphatic carbocycles. The van der Waals surface area contributed by atoms with Gasteiger partial charge in [0.15, 0.2) is 0 Å². The summed E-state index contributed by atoms with van der Waals surface area (Å²) in [5.41, 5.74) is 0.235. The Kier molecular flexibility index (Phi) is 20.9. The summed E-state index contributed by atoms with van der Waals surface area (Å²) in [6.45, 7) is 25.3. The molecule has 1 unspecified atom stereocenters. The summed E-state index contributed by atoms with van der Waals surface area (Å²) in [5.74, 6) is -2.60. The number of hydrogen-bond donors (Lipinski definition) is 3. The van der Waals surface area contributed by atoms with Crippen LogP contribution >= 0.6 is 0 Å². The number of carboxylic acids is 1. The highest BCUT2D eigenvalue weighted by Gasteiger charge is 2.43. The van der Waals surface area contributed by atoms with Crippen LogP contribution in [0.2, 0.25) is 0 Å². The van der Waals surface area contributed by atoms with Crippen molar-refractivity contribution in [1.82, 2.24) is 25.3 Å². The largest absolute Gasteiger partial charge is 0.480 e. The smallest absolute Gasteiger partial charge is 0.325 e. The Hall–Kier alpha value is -2.77. The maximum absolute atomic E-state index is 14.4. The van der Waals surface area contributed by atoms with Crippen LogP contribution < -0.4 is 10.6 Å². The van der Waals surface area contributed by atoms with Crippen LogP contribution in [0.5, 0.6) is 0 Å². The number of likely N-dealkylation sites (N-methyl/N-ethyl adjacent to an activating group) is 2. The van der Waals surface area contributed by atoms with E-state index in [0.29, 0.717) is 18.9 Å². The van der Waals surface area contributed by atoms with Crippen molar-refractivity contribution in [1.29, 1.82) is 0 Å². The molecule has 1 aliphatic rings. The Morgan fingerprint density at radius 3 is 1.96 bits per heavy atom. The van der Waals surface area contributed by atoms with Gasteiger partial charge in [-0.2, -0.15) is 0 Å². The van der Waals surface area contributed by atoms with E-state index in [4.69, 9.17) is 9.47 Å². The van der Waals surface area contributed by atoms with Gasteiger partial charge in [0.05, 0.1) is 42.7 Å². The number of aliphatic carboxylic acids is 1. The lowest BCUT2D eigenvalue weighted by molar-refractivity contribution is -0.148. The summed E-state index contributed by atoms with van der Waals surface area (Å²) in [5, 5.41) is 14.9. The van der Waals surface area contributed by atoms with Gasteiger partial charge in [-0.25, -0.2) is 0 Å². The average molecular weight is 782 g/mol. The monoisotopic (exact) mass is 782 g/mol. The van der Waals surface area contributed by atoms with Crippen molar-refractivity contribution in [3.63, 3.8) is 0 Å². The number of rotatable bonds is 23. The minimum Gasteiger partial charge on any atom is -0.480 e. The number of ether oxygens (including phenoxy) is 2. The minimum atomic E-state index is -1.14. The highest BCUT2D eigenvalue weighted by atomic mass is 16.5. The van der Waals surface area contributed by atoms with Crippen LogP contribution in [0.1, 0.15) is 122 Å². The molecule has 1 heterocycles. The summed E-state index contributed by atoms with van der Waals surface area (Å²) in [4.78, 5) is 72.4. The Balaban J connectivity index is 3.26. The lowest BCUT2D eigenvalue weighted by Crippen LogP contribution is -2.60. The first-order valence-corrected chi connectivity index (χ1v) is 20.6. The molecular formula is C42H79N5O8. The molecule has 320 valence electrons. The lowest BCUT2D eigenvalue weighted by Gasteiger charge is -2.41. The van der Waals surface area contributed by atoms with Gasteiger partial charge in [-0.15, -0.1) is 0 Å². The fourth-order valence-electron chi connectivity index (χ4n) is 8.41. The van der Waals surface area contributed by atoms with Gasteiger partial charge in [-0.3, -0.25) is 28.9 Å². The molecule has 0 aromatic carbocycles. The second-order valence-corrected chi connectivity index (χ2v) is 18.2. The molecule has 13 nitrogen and oxygen atoms in total. The molecule has 0 radical (unpaired) electrons.